The van der Waals surface area contributed by atoms with Gasteiger partial charge in [-0.3, -0.25) is 14.4 Å². The van der Waals surface area contributed by atoms with Gasteiger partial charge in [-0.25, -0.2) is 0 Å². The number of amides is 3. The highest BCUT2D eigenvalue weighted by Crippen LogP contribution is 2.00. The smallest absolute Gasteiger partial charge is 0.251 e. The molecule has 1 aromatic carbocycles. The Bertz CT molecular complexity index is 550. The summed E-state index contributed by atoms with van der Waals surface area (Å²) in [4.78, 5) is 35.4. The van der Waals surface area contributed by atoms with Crippen molar-refractivity contribution in [3.8, 4) is 0 Å². The fourth-order valence-electron chi connectivity index (χ4n) is 1.94. The van der Waals surface area contributed by atoms with Crippen LogP contribution in [0.25, 0.3) is 0 Å². The molecule has 0 aliphatic heterocycles. The van der Waals surface area contributed by atoms with Crippen LogP contribution >= 0.6 is 0 Å². The summed E-state index contributed by atoms with van der Waals surface area (Å²) in [5, 5.41) is 8.06. The molecule has 1 rings (SSSR count). The van der Waals surface area contributed by atoms with E-state index in [4.69, 9.17) is 0 Å². The molecule has 3 amide bonds. The molecule has 0 spiro atoms. The minimum absolute atomic E-state index is 0.0740. The number of rotatable bonds is 6. The first-order chi connectivity index (χ1) is 10.7. The maximum absolute atomic E-state index is 12.0. The molecule has 0 saturated heterocycles. The molecule has 3 N–H and O–H groups in total. The fourth-order valence-corrected chi connectivity index (χ4v) is 1.94. The third-order valence-electron chi connectivity index (χ3n) is 2.87. The van der Waals surface area contributed by atoms with Crippen LogP contribution in [0.4, 0.5) is 0 Å². The van der Waals surface area contributed by atoms with Gasteiger partial charge in [0, 0.05) is 23.6 Å². The van der Waals surface area contributed by atoms with Crippen LogP contribution in [0.1, 0.15) is 44.5 Å². The molecule has 1 unspecified atom stereocenters. The predicted octanol–water partition coefficient (Wildman–Crippen LogP) is 1.23. The van der Waals surface area contributed by atoms with Crippen LogP contribution in [-0.4, -0.2) is 35.8 Å². The first kappa shape index (κ1) is 18.7. The van der Waals surface area contributed by atoms with Crippen molar-refractivity contribution in [3.05, 3.63) is 35.9 Å². The van der Waals surface area contributed by atoms with Gasteiger partial charge in [0.2, 0.25) is 11.8 Å². The number of hydrogen-bond donors (Lipinski definition) is 3. The second-order valence-corrected chi connectivity index (χ2v) is 6.52. The molecule has 0 aliphatic carbocycles. The molecule has 6 nitrogen and oxygen atoms in total. The highest BCUT2D eigenvalue weighted by molar-refractivity contribution is 5.94. The van der Waals surface area contributed by atoms with Gasteiger partial charge in [0.25, 0.3) is 5.91 Å². The maximum atomic E-state index is 12.0. The second-order valence-electron chi connectivity index (χ2n) is 6.52. The van der Waals surface area contributed by atoms with Crippen molar-refractivity contribution in [2.24, 2.45) is 0 Å². The van der Waals surface area contributed by atoms with E-state index < -0.39 is 0 Å². The topological polar surface area (TPSA) is 87.3 Å². The van der Waals surface area contributed by atoms with Crippen molar-refractivity contribution >= 4 is 17.7 Å². The van der Waals surface area contributed by atoms with Gasteiger partial charge in [-0.2, -0.15) is 0 Å². The average Bonchev–Trinajstić information content (AvgIpc) is 2.44. The van der Waals surface area contributed by atoms with Gasteiger partial charge in [-0.05, 0) is 39.8 Å². The van der Waals surface area contributed by atoms with E-state index in [9.17, 15) is 14.4 Å². The molecular formula is C17H25N3O3. The Morgan fingerprint density at radius 3 is 2.22 bits per heavy atom. The molecule has 0 bridgehead atoms. The molecule has 1 aromatic rings. The van der Waals surface area contributed by atoms with Crippen LogP contribution in [-0.2, 0) is 9.59 Å². The SMILES string of the molecule is CC(CC(=O)NCC(=O)NC(C)(C)C)NC(=O)c1ccccc1. The Morgan fingerprint density at radius 2 is 1.65 bits per heavy atom. The molecule has 23 heavy (non-hydrogen) atoms. The molecule has 1 atom stereocenters. The van der Waals surface area contributed by atoms with Crippen molar-refractivity contribution in [2.45, 2.75) is 45.7 Å². The summed E-state index contributed by atoms with van der Waals surface area (Å²) in [5.41, 5.74) is 0.211. The van der Waals surface area contributed by atoms with Crippen LogP contribution in [0, 0.1) is 0 Å². The number of nitrogens with one attached hydrogen (secondary N) is 3. The summed E-state index contributed by atoms with van der Waals surface area (Å²) in [5.74, 6) is -0.752. The molecule has 0 saturated carbocycles. The third kappa shape index (κ3) is 7.99. The lowest BCUT2D eigenvalue weighted by atomic mass is 10.1. The summed E-state index contributed by atoms with van der Waals surface area (Å²) in [6, 6.07) is 8.47. The number of hydrogen-bond acceptors (Lipinski definition) is 3. The van der Waals surface area contributed by atoms with E-state index in [2.05, 4.69) is 16.0 Å². The standard InChI is InChI=1S/C17H25N3O3/c1-12(19-16(23)13-8-6-5-7-9-13)10-14(21)18-11-15(22)20-17(2,3)4/h5-9,12H,10-11H2,1-4H3,(H,18,21)(H,19,23)(H,20,22). The van der Waals surface area contributed by atoms with Crippen LogP contribution in [0.5, 0.6) is 0 Å². The summed E-state index contributed by atoms with van der Waals surface area (Å²) in [7, 11) is 0. The monoisotopic (exact) mass is 319 g/mol. The average molecular weight is 319 g/mol. The lowest BCUT2D eigenvalue weighted by molar-refractivity contribution is -0.127. The van der Waals surface area contributed by atoms with Gasteiger partial charge in [-0.1, -0.05) is 18.2 Å². The Labute approximate surface area is 137 Å². The molecule has 126 valence electrons. The van der Waals surface area contributed by atoms with Crippen molar-refractivity contribution in [2.75, 3.05) is 6.54 Å². The molecule has 0 aliphatic rings. The predicted molar refractivity (Wildman–Crippen MR) is 88.9 cm³/mol. The Hall–Kier alpha value is -2.37. The van der Waals surface area contributed by atoms with Crippen molar-refractivity contribution in [1.82, 2.24) is 16.0 Å². The minimum atomic E-state index is -0.335. The van der Waals surface area contributed by atoms with E-state index in [-0.39, 0.29) is 42.3 Å². The van der Waals surface area contributed by atoms with Crippen molar-refractivity contribution in [3.63, 3.8) is 0 Å². The Kier molecular flexibility index (Phi) is 6.75. The van der Waals surface area contributed by atoms with Crippen molar-refractivity contribution < 1.29 is 14.4 Å². The Morgan fingerprint density at radius 1 is 1.04 bits per heavy atom. The van der Waals surface area contributed by atoms with E-state index in [1.807, 2.05) is 26.8 Å². The molecular weight excluding hydrogens is 294 g/mol. The number of carbonyl (C=O) groups is 3. The van der Waals surface area contributed by atoms with Gasteiger partial charge in [0.1, 0.15) is 0 Å². The zero-order valence-corrected chi connectivity index (χ0v) is 14.1. The fraction of sp³-hybridized carbons (Fsp3) is 0.471. The first-order valence-corrected chi connectivity index (χ1v) is 7.61. The largest absolute Gasteiger partial charge is 0.350 e. The Balaban J connectivity index is 2.34. The van der Waals surface area contributed by atoms with Crippen LogP contribution in [0.2, 0.25) is 0 Å². The number of benzene rings is 1. The second kappa shape index (κ2) is 8.31. The zero-order valence-electron chi connectivity index (χ0n) is 14.1. The van der Waals surface area contributed by atoms with Gasteiger partial charge in [0.15, 0.2) is 0 Å². The molecule has 0 heterocycles. The summed E-state index contributed by atoms with van der Waals surface area (Å²) in [6.45, 7) is 7.28. The first-order valence-electron chi connectivity index (χ1n) is 7.61. The van der Waals surface area contributed by atoms with Gasteiger partial charge < -0.3 is 16.0 Å². The van der Waals surface area contributed by atoms with E-state index >= 15 is 0 Å². The third-order valence-corrected chi connectivity index (χ3v) is 2.87. The summed E-state index contributed by atoms with van der Waals surface area (Å²) in [6.07, 6.45) is 0.112. The minimum Gasteiger partial charge on any atom is -0.350 e. The summed E-state index contributed by atoms with van der Waals surface area (Å²) < 4.78 is 0. The van der Waals surface area contributed by atoms with E-state index in [0.717, 1.165) is 0 Å². The number of carbonyl (C=O) groups excluding carboxylic acids is 3. The highest BCUT2D eigenvalue weighted by Gasteiger charge is 2.16. The van der Waals surface area contributed by atoms with Crippen LogP contribution < -0.4 is 16.0 Å². The molecule has 0 aromatic heterocycles. The summed E-state index contributed by atoms with van der Waals surface area (Å²) >= 11 is 0. The van der Waals surface area contributed by atoms with E-state index in [1.54, 1.807) is 31.2 Å². The van der Waals surface area contributed by atoms with Crippen LogP contribution in [0.3, 0.4) is 0 Å². The van der Waals surface area contributed by atoms with E-state index in [1.165, 1.54) is 0 Å². The van der Waals surface area contributed by atoms with E-state index in [0.29, 0.717) is 5.56 Å². The lowest BCUT2D eigenvalue weighted by Gasteiger charge is -2.20. The maximum Gasteiger partial charge on any atom is 0.251 e. The molecule has 6 heteroatoms. The quantitative estimate of drug-likeness (QED) is 0.737. The normalized spacial score (nSPS) is 12.2. The molecule has 0 radical (unpaired) electrons. The zero-order chi connectivity index (χ0) is 17.5. The van der Waals surface area contributed by atoms with Crippen LogP contribution in [0.15, 0.2) is 30.3 Å². The van der Waals surface area contributed by atoms with Gasteiger partial charge >= 0.3 is 0 Å². The molecule has 0 fully saturated rings. The lowest BCUT2D eigenvalue weighted by Crippen LogP contribution is -2.46. The van der Waals surface area contributed by atoms with Gasteiger partial charge in [0.05, 0.1) is 6.54 Å². The van der Waals surface area contributed by atoms with Crippen molar-refractivity contribution in [1.29, 1.82) is 0 Å². The highest BCUT2D eigenvalue weighted by atomic mass is 16.2. The van der Waals surface area contributed by atoms with Gasteiger partial charge in [-0.15, -0.1) is 0 Å².